The molecule has 35 heavy (non-hydrogen) atoms. The summed E-state index contributed by atoms with van der Waals surface area (Å²) in [6.07, 6.45) is 0. The van der Waals surface area contributed by atoms with Gasteiger partial charge in [-0.05, 0) is 67.8 Å². The van der Waals surface area contributed by atoms with Crippen LogP contribution in [0.15, 0.2) is 64.2 Å². The highest BCUT2D eigenvalue weighted by atomic mass is 35.5. The Hall–Kier alpha value is -3.77. The Balaban J connectivity index is 1.98. The second-order valence-corrected chi connectivity index (χ2v) is 9.45. The van der Waals surface area contributed by atoms with Crippen molar-refractivity contribution in [3.8, 4) is 11.4 Å². The molecular weight excluding hydrogens is 462 g/mol. The summed E-state index contributed by atoms with van der Waals surface area (Å²) in [4.78, 5) is 28.1. The van der Waals surface area contributed by atoms with Crippen LogP contribution >= 0.6 is 11.6 Å². The number of nitrogens with zero attached hydrogens (tertiary/aromatic N) is 3. The van der Waals surface area contributed by atoms with Gasteiger partial charge in [0, 0.05) is 17.5 Å². The minimum atomic E-state index is -0.413. The lowest BCUT2D eigenvalue weighted by atomic mass is 10.1. The normalized spacial score (nSPS) is 11.5. The van der Waals surface area contributed by atoms with E-state index in [4.69, 9.17) is 16.3 Å². The summed E-state index contributed by atoms with van der Waals surface area (Å²) < 4.78 is 10.2. The Morgan fingerprint density at radius 2 is 1.63 bits per heavy atom. The smallest absolute Gasteiger partial charge is 0.336 e. The number of hydrogen-bond acceptors (Lipinski definition) is 3. The van der Waals surface area contributed by atoms with Gasteiger partial charge in [-0.2, -0.15) is 0 Å². The first-order valence-electron chi connectivity index (χ1n) is 11.4. The molecule has 0 radical (unpaired) electrons. The van der Waals surface area contributed by atoms with Gasteiger partial charge in [0.25, 0.3) is 5.56 Å². The molecule has 0 atom stereocenters. The second-order valence-electron chi connectivity index (χ2n) is 9.01. The zero-order valence-electron chi connectivity index (χ0n) is 20.3. The molecule has 0 amide bonds. The van der Waals surface area contributed by atoms with E-state index < -0.39 is 5.69 Å². The number of aromatic nitrogens is 3. The van der Waals surface area contributed by atoms with Crippen molar-refractivity contribution in [1.82, 2.24) is 13.7 Å². The van der Waals surface area contributed by atoms with E-state index in [0.29, 0.717) is 34.0 Å². The van der Waals surface area contributed by atoms with Crippen molar-refractivity contribution in [2.45, 2.75) is 27.3 Å². The summed E-state index contributed by atoms with van der Waals surface area (Å²) in [6.45, 7) is 6.24. The Morgan fingerprint density at radius 1 is 0.886 bits per heavy atom. The maximum Gasteiger partial charge on any atom is 0.336 e. The molecule has 5 aromatic rings. The first-order valence-corrected chi connectivity index (χ1v) is 11.7. The Morgan fingerprint density at radius 3 is 2.37 bits per heavy atom. The third-order valence-electron chi connectivity index (χ3n) is 6.72. The van der Waals surface area contributed by atoms with E-state index in [-0.39, 0.29) is 5.56 Å². The van der Waals surface area contributed by atoms with E-state index in [0.717, 1.165) is 33.2 Å². The number of methoxy groups -OCH3 is 1. The molecule has 2 heterocycles. The summed E-state index contributed by atoms with van der Waals surface area (Å²) >= 11 is 6.28. The molecule has 0 fully saturated rings. The average molecular weight is 488 g/mol. The van der Waals surface area contributed by atoms with Crippen LogP contribution in [0.3, 0.4) is 0 Å². The van der Waals surface area contributed by atoms with Gasteiger partial charge >= 0.3 is 5.69 Å². The molecule has 0 saturated carbocycles. The fraction of sp³-hybridized carbons (Fsp3) is 0.214. The molecule has 0 bridgehead atoms. The molecule has 0 unspecified atom stereocenters. The predicted octanol–water partition coefficient (Wildman–Crippen LogP) is 5.28. The van der Waals surface area contributed by atoms with Crippen LogP contribution in [0.25, 0.3) is 27.6 Å². The third kappa shape index (κ3) is 3.65. The van der Waals surface area contributed by atoms with E-state index in [1.807, 2.05) is 56.7 Å². The van der Waals surface area contributed by atoms with Gasteiger partial charge in [-0.25, -0.2) is 9.36 Å². The predicted molar refractivity (Wildman–Crippen MR) is 142 cm³/mol. The first kappa shape index (κ1) is 23.0. The SMILES string of the molecule is COc1ccc2c(c1)c1c(c(=O)n(-c3cc(Cl)ccc3C)c(=O)n1Cc1cc(C)ccc1C)n2C. The molecule has 0 N–H and O–H groups in total. The monoisotopic (exact) mass is 487 g/mol. The van der Waals surface area contributed by atoms with Crippen LogP contribution in [0.1, 0.15) is 22.3 Å². The van der Waals surface area contributed by atoms with E-state index in [2.05, 4.69) is 18.2 Å². The lowest BCUT2D eigenvalue weighted by Gasteiger charge is -2.16. The third-order valence-corrected chi connectivity index (χ3v) is 6.96. The summed E-state index contributed by atoms with van der Waals surface area (Å²) in [6, 6.07) is 17.1. The topological polar surface area (TPSA) is 58.2 Å². The summed E-state index contributed by atoms with van der Waals surface area (Å²) in [5.41, 5.74) is 5.53. The molecule has 2 aromatic heterocycles. The van der Waals surface area contributed by atoms with Crippen LogP contribution in [0.4, 0.5) is 0 Å². The number of fused-ring (bicyclic) bond motifs is 3. The highest BCUT2D eigenvalue weighted by Gasteiger charge is 2.23. The average Bonchev–Trinajstić information content (AvgIpc) is 3.13. The number of halogens is 1. The first-order chi connectivity index (χ1) is 16.7. The lowest BCUT2D eigenvalue weighted by Crippen LogP contribution is -2.40. The molecular formula is C28H26ClN3O3. The van der Waals surface area contributed by atoms with Crippen LogP contribution in [-0.2, 0) is 13.6 Å². The van der Waals surface area contributed by atoms with Crippen molar-refractivity contribution < 1.29 is 4.74 Å². The van der Waals surface area contributed by atoms with Gasteiger partial charge in [0.05, 0.1) is 30.4 Å². The largest absolute Gasteiger partial charge is 0.497 e. The standard InChI is InChI=1S/C28H26ClN3O3/c1-16-6-7-17(2)19(12-16)15-31-25-22-14-21(35-5)10-11-23(22)30(4)26(25)27(33)32(28(31)34)24-13-20(29)9-8-18(24)3/h6-14H,15H2,1-5H3. The molecule has 3 aromatic carbocycles. The fourth-order valence-corrected chi connectivity index (χ4v) is 4.95. The van der Waals surface area contributed by atoms with Crippen LogP contribution < -0.4 is 16.0 Å². The van der Waals surface area contributed by atoms with Gasteiger partial charge < -0.3 is 9.30 Å². The van der Waals surface area contributed by atoms with Crippen LogP contribution in [-0.4, -0.2) is 20.8 Å². The van der Waals surface area contributed by atoms with Crippen molar-refractivity contribution in [2.24, 2.45) is 7.05 Å². The van der Waals surface area contributed by atoms with E-state index >= 15 is 0 Å². The molecule has 6 nitrogen and oxygen atoms in total. The van der Waals surface area contributed by atoms with Crippen LogP contribution in [0.2, 0.25) is 5.02 Å². The van der Waals surface area contributed by atoms with E-state index in [1.54, 1.807) is 23.8 Å². The zero-order chi connectivity index (χ0) is 25.0. The quantitative estimate of drug-likeness (QED) is 0.346. The van der Waals surface area contributed by atoms with Crippen molar-refractivity contribution in [3.05, 3.63) is 103 Å². The molecule has 0 aliphatic rings. The molecule has 0 saturated heterocycles. The minimum Gasteiger partial charge on any atom is -0.497 e. The van der Waals surface area contributed by atoms with Gasteiger partial charge in [-0.1, -0.05) is 41.4 Å². The fourth-order valence-electron chi connectivity index (χ4n) is 4.78. The minimum absolute atomic E-state index is 0.319. The molecule has 0 spiro atoms. The molecule has 0 aliphatic heterocycles. The van der Waals surface area contributed by atoms with Gasteiger partial charge in [-0.3, -0.25) is 9.36 Å². The summed E-state index contributed by atoms with van der Waals surface area (Å²) in [7, 11) is 3.45. The number of rotatable bonds is 4. The number of hydrogen-bond donors (Lipinski definition) is 0. The molecule has 7 heteroatoms. The zero-order valence-corrected chi connectivity index (χ0v) is 21.1. The number of benzene rings is 3. The Labute approximate surface area is 207 Å². The molecule has 178 valence electrons. The highest BCUT2D eigenvalue weighted by molar-refractivity contribution is 6.30. The van der Waals surface area contributed by atoms with E-state index in [1.165, 1.54) is 4.57 Å². The van der Waals surface area contributed by atoms with Crippen molar-refractivity contribution in [2.75, 3.05) is 7.11 Å². The molecule has 0 aliphatic carbocycles. The lowest BCUT2D eigenvalue weighted by molar-refractivity contribution is 0.415. The van der Waals surface area contributed by atoms with Gasteiger partial charge in [0.2, 0.25) is 0 Å². The van der Waals surface area contributed by atoms with Gasteiger partial charge in [0.15, 0.2) is 0 Å². The highest BCUT2D eigenvalue weighted by Crippen LogP contribution is 2.30. The van der Waals surface area contributed by atoms with Gasteiger partial charge in [-0.15, -0.1) is 0 Å². The summed E-state index contributed by atoms with van der Waals surface area (Å²) in [5, 5.41) is 1.25. The number of ether oxygens (including phenoxy) is 1. The van der Waals surface area contributed by atoms with Crippen molar-refractivity contribution in [1.29, 1.82) is 0 Å². The van der Waals surface area contributed by atoms with Gasteiger partial charge in [0.1, 0.15) is 11.3 Å². The maximum atomic E-state index is 14.1. The van der Waals surface area contributed by atoms with Crippen LogP contribution in [0, 0.1) is 20.8 Å². The number of aryl methyl sites for hydroxylation is 4. The van der Waals surface area contributed by atoms with E-state index in [9.17, 15) is 9.59 Å². The van der Waals surface area contributed by atoms with Crippen LogP contribution in [0.5, 0.6) is 5.75 Å². The maximum absolute atomic E-state index is 14.1. The Bertz CT molecular complexity index is 1760. The second kappa shape index (κ2) is 8.47. The summed E-state index contributed by atoms with van der Waals surface area (Å²) in [5.74, 6) is 0.658. The van der Waals surface area contributed by atoms with Crippen molar-refractivity contribution >= 4 is 33.5 Å². The Kier molecular flexibility index (Phi) is 5.56. The molecule has 5 rings (SSSR count). The van der Waals surface area contributed by atoms with Crippen molar-refractivity contribution in [3.63, 3.8) is 0 Å².